The molecule has 0 bridgehead atoms. The summed E-state index contributed by atoms with van der Waals surface area (Å²) in [5.41, 5.74) is 2.57. The number of carbonyl (C=O) groups is 2. The molecule has 148 valence electrons. The van der Waals surface area contributed by atoms with Gasteiger partial charge in [-0.05, 0) is 46.7 Å². The van der Waals surface area contributed by atoms with E-state index < -0.39 is 5.97 Å². The standard InChI is InChI=1S/C24H28O4/c1-23(2,3)18-13-15(14-19(21(18)26)24(4,5)6)7-12-20(25)16-8-10-17(11-9-16)22(27)28/h7-14,26H,1-6H3,(H,27,28)/b12-7+. The van der Waals surface area contributed by atoms with E-state index in [1.807, 2.05) is 53.7 Å². The van der Waals surface area contributed by atoms with Crippen LogP contribution in [0.15, 0.2) is 42.5 Å². The first-order chi connectivity index (χ1) is 12.8. The lowest BCUT2D eigenvalue weighted by molar-refractivity contribution is 0.0696. The van der Waals surface area contributed by atoms with Crippen molar-refractivity contribution in [3.63, 3.8) is 0 Å². The average Bonchev–Trinajstić information content (AvgIpc) is 2.58. The zero-order valence-corrected chi connectivity index (χ0v) is 17.3. The number of carboxylic acid groups (broad SMARTS) is 1. The Balaban J connectivity index is 2.41. The average molecular weight is 380 g/mol. The van der Waals surface area contributed by atoms with Crippen LogP contribution >= 0.6 is 0 Å². The van der Waals surface area contributed by atoms with E-state index >= 15 is 0 Å². The summed E-state index contributed by atoms with van der Waals surface area (Å²) in [5, 5.41) is 19.7. The Morgan fingerprint density at radius 1 is 0.821 bits per heavy atom. The lowest BCUT2D eigenvalue weighted by atomic mass is 9.78. The molecule has 0 unspecified atom stereocenters. The molecule has 0 saturated carbocycles. The van der Waals surface area contributed by atoms with Crippen molar-refractivity contribution < 1.29 is 19.8 Å². The minimum absolute atomic E-state index is 0.142. The van der Waals surface area contributed by atoms with Crippen molar-refractivity contribution in [1.82, 2.24) is 0 Å². The maximum absolute atomic E-state index is 12.4. The molecule has 0 atom stereocenters. The van der Waals surface area contributed by atoms with Crippen molar-refractivity contribution in [3.05, 3.63) is 70.3 Å². The number of hydrogen-bond acceptors (Lipinski definition) is 3. The molecular formula is C24H28O4. The second-order valence-electron chi connectivity index (χ2n) is 9.04. The van der Waals surface area contributed by atoms with Crippen LogP contribution in [0.5, 0.6) is 5.75 Å². The number of aromatic hydroxyl groups is 1. The van der Waals surface area contributed by atoms with Gasteiger partial charge in [-0.2, -0.15) is 0 Å². The number of carboxylic acids is 1. The van der Waals surface area contributed by atoms with Gasteiger partial charge in [-0.15, -0.1) is 0 Å². The summed E-state index contributed by atoms with van der Waals surface area (Å²) in [4.78, 5) is 23.4. The lowest BCUT2D eigenvalue weighted by Gasteiger charge is -2.27. The van der Waals surface area contributed by atoms with E-state index in [1.54, 1.807) is 6.08 Å². The van der Waals surface area contributed by atoms with E-state index in [1.165, 1.54) is 30.3 Å². The highest BCUT2D eigenvalue weighted by Crippen LogP contribution is 2.40. The number of allylic oxidation sites excluding steroid dienone is 1. The first-order valence-electron chi connectivity index (χ1n) is 9.24. The third-order valence-electron chi connectivity index (χ3n) is 4.59. The molecule has 2 aromatic rings. The maximum atomic E-state index is 12.4. The molecule has 0 aromatic heterocycles. The predicted octanol–water partition coefficient (Wildman–Crippen LogP) is 5.58. The maximum Gasteiger partial charge on any atom is 0.335 e. The lowest BCUT2D eigenvalue weighted by Crippen LogP contribution is -2.17. The molecule has 28 heavy (non-hydrogen) atoms. The fraction of sp³-hybridized carbons (Fsp3) is 0.333. The smallest absolute Gasteiger partial charge is 0.335 e. The van der Waals surface area contributed by atoms with Crippen LogP contribution in [0.4, 0.5) is 0 Å². The molecule has 0 spiro atoms. The summed E-state index contributed by atoms with van der Waals surface area (Å²) in [6.45, 7) is 12.2. The van der Waals surface area contributed by atoms with Gasteiger partial charge in [0.15, 0.2) is 5.78 Å². The molecule has 0 heterocycles. The molecule has 0 amide bonds. The number of hydrogen-bond donors (Lipinski definition) is 2. The summed E-state index contributed by atoms with van der Waals surface area (Å²) in [6, 6.07) is 9.66. The molecule has 2 N–H and O–H groups in total. The normalized spacial score (nSPS) is 12.4. The molecule has 2 rings (SSSR count). The highest BCUT2D eigenvalue weighted by Gasteiger charge is 2.26. The summed E-state index contributed by atoms with van der Waals surface area (Å²) < 4.78 is 0. The van der Waals surface area contributed by atoms with Crippen LogP contribution in [0.2, 0.25) is 0 Å². The number of aromatic carboxylic acids is 1. The predicted molar refractivity (Wildman–Crippen MR) is 112 cm³/mol. The van der Waals surface area contributed by atoms with Gasteiger partial charge in [0.25, 0.3) is 0 Å². The highest BCUT2D eigenvalue weighted by molar-refractivity contribution is 6.07. The molecule has 0 aliphatic rings. The van der Waals surface area contributed by atoms with Crippen molar-refractivity contribution in [2.24, 2.45) is 0 Å². The van der Waals surface area contributed by atoms with E-state index in [9.17, 15) is 14.7 Å². The largest absolute Gasteiger partial charge is 0.507 e. The number of phenolic OH excluding ortho intramolecular Hbond substituents is 1. The van der Waals surface area contributed by atoms with Crippen molar-refractivity contribution in [3.8, 4) is 5.75 Å². The van der Waals surface area contributed by atoms with Crippen molar-refractivity contribution in [2.75, 3.05) is 0 Å². The van der Waals surface area contributed by atoms with Gasteiger partial charge < -0.3 is 10.2 Å². The van der Waals surface area contributed by atoms with Gasteiger partial charge in [0.05, 0.1) is 5.56 Å². The summed E-state index contributed by atoms with van der Waals surface area (Å²) in [7, 11) is 0. The van der Waals surface area contributed by atoms with E-state index in [0.29, 0.717) is 11.3 Å². The number of ketones is 1. The van der Waals surface area contributed by atoms with Gasteiger partial charge in [-0.3, -0.25) is 4.79 Å². The van der Waals surface area contributed by atoms with E-state index in [0.717, 1.165) is 16.7 Å². The Morgan fingerprint density at radius 3 is 1.64 bits per heavy atom. The third kappa shape index (κ3) is 4.89. The van der Waals surface area contributed by atoms with Crippen LogP contribution in [0.25, 0.3) is 6.08 Å². The monoisotopic (exact) mass is 380 g/mol. The van der Waals surface area contributed by atoms with E-state index in [4.69, 9.17) is 5.11 Å². The molecule has 0 saturated heterocycles. The Morgan fingerprint density at radius 2 is 1.25 bits per heavy atom. The van der Waals surface area contributed by atoms with Gasteiger partial charge in [-0.1, -0.05) is 59.8 Å². The number of carbonyl (C=O) groups excluding carboxylic acids is 1. The van der Waals surface area contributed by atoms with E-state index in [-0.39, 0.29) is 22.2 Å². The summed E-state index contributed by atoms with van der Waals surface area (Å²) >= 11 is 0. The van der Waals surface area contributed by atoms with Crippen molar-refractivity contribution >= 4 is 17.8 Å². The summed E-state index contributed by atoms with van der Waals surface area (Å²) in [5.74, 6) is -0.935. The highest BCUT2D eigenvalue weighted by atomic mass is 16.4. The van der Waals surface area contributed by atoms with Crippen LogP contribution in [0, 0.1) is 0 Å². The number of benzene rings is 2. The SMILES string of the molecule is CC(C)(C)c1cc(/C=C/C(=O)c2ccc(C(=O)O)cc2)cc(C(C)(C)C)c1O. The fourth-order valence-electron chi connectivity index (χ4n) is 2.94. The zero-order valence-electron chi connectivity index (χ0n) is 17.3. The molecule has 0 aliphatic heterocycles. The van der Waals surface area contributed by atoms with Crippen LogP contribution in [0.3, 0.4) is 0 Å². The molecule has 0 radical (unpaired) electrons. The van der Waals surface area contributed by atoms with Gasteiger partial charge in [0, 0.05) is 16.7 Å². The van der Waals surface area contributed by atoms with Crippen LogP contribution in [-0.4, -0.2) is 22.0 Å². The molecule has 4 heteroatoms. The van der Waals surface area contributed by atoms with Gasteiger partial charge in [-0.25, -0.2) is 4.79 Å². The molecular weight excluding hydrogens is 352 g/mol. The molecule has 2 aromatic carbocycles. The third-order valence-corrected chi connectivity index (χ3v) is 4.59. The van der Waals surface area contributed by atoms with E-state index in [2.05, 4.69) is 0 Å². The minimum Gasteiger partial charge on any atom is -0.507 e. The Hall–Kier alpha value is -2.88. The first-order valence-corrected chi connectivity index (χ1v) is 9.24. The number of phenols is 1. The number of rotatable bonds is 4. The Labute approximate surface area is 166 Å². The Kier molecular flexibility index (Phi) is 5.83. The first kappa shape index (κ1) is 21.4. The quantitative estimate of drug-likeness (QED) is 0.536. The topological polar surface area (TPSA) is 74.6 Å². The summed E-state index contributed by atoms with van der Waals surface area (Å²) in [6.07, 6.45) is 3.21. The van der Waals surface area contributed by atoms with Gasteiger partial charge in [0.2, 0.25) is 0 Å². The van der Waals surface area contributed by atoms with Crippen LogP contribution in [-0.2, 0) is 10.8 Å². The second-order valence-corrected chi connectivity index (χ2v) is 9.04. The fourth-order valence-corrected chi connectivity index (χ4v) is 2.94. The van der Waals surface area contributed by atoms with Gasteiger partial charge in [0.1, 0.15) is 5.75 Å². The van der Waals surface area contributed by atoms with Crippen molar-refractivity contribution in [1.29, 1.82) is 0 Å². The van der Waals surface area contributed by atoms with Crippen molar-refractivity contribution in [2.45, 2.75) is 52.4 Å². The Bertz CT molecular complexity index is 886. The second kappa shape index (κ2) is 7.63. The van der Waals surface area contributed by atoms with Gasteiger partial charge >= 0.3 is 5.97 Å². The van der Waals surface area contributed by atoms with Crippen LogP contribution < -0.4 is 0 Å². The molecule has 0 aliphatic carbocycles. The zero-order chi connectivity index (χ0) is 21.3. The molecule has 0 fully saturated rings. The van der Waals surface area contributed by atoms with Crippen LogP contribution in [0.1, 0.15) is 78.9 Å². The minimum atomic E-state index is -1.02. The molecule has 4 nitrogen and oxygen atoms in total.